The van der Waals surface area contributed by atoms with Crippen LogP contribution in [0.15, 0.2) is 36.7 Å². The summed E-state index contributed by atoms with van der Waals surface area (Å²) in [5.74, 6) is -0.0618. The standard InChI is InChI=1S/C12H13N3O2/c13-10-3-1-9(2-4-10)12-14-6-8-15(12)7-5-11(16)17/h1-4,6,8H,5,7,13H2,(H,16,17). The van der Waals surface area contributed by atoms with Gasteiger partial charge in [0, 0.05) is 30.2 Å². The quantitative estimate of drug-likeness (QED) is 0.783. The highest BCUT2D eigenvalue weighted by Gasteiger charge is 2.06. The predicted octanol–water partition coefficient (Wildman–Crippen LogP) is 1.61. The number of hydrogen-bond donors (Lipinski definition) is 2. The van der Waals surface area contributed by atoms with Crippen LogP contribution in [0.5, 0.6) is 0 Å². The van der Waals surface area contributed by atoms with Gasteiger partial charge in [0.2, 0.25) is 0 Å². The van der Waals surface area contributed by atoms with Crippen molar-refractivity contribution in [2.75, 3.05) is 5.73 Å². The van der Waals surface area contributed by atoms with E-state index in [0.717, 1.165) is 11.4 Å². The number of carboxylic acids is 1. The monoisotopic (exact) mass is 231 g/mol. The first-order chi connectivity index (χ1) is 8.16. The van der Waals surface area contributed by atoms with Crippen molar-refractivity contribution in [2.24, 2.45) is 0 Å². The van der Waals surface area contributed by atoms with Crippen molar-refractivity contribution in [1.82, 2.24) is 9.55 Å². The molecule has 0 saturated heterocycles. The van der Waals surface area contributed by atoms with E-state index in [1.807, 2.05) is 16.7 Å². The topological polar surface area (TPSA) is 81.1 Å². The Bertz CT molecular complexity index is 517. The molecule has 5 nitrogen and oxygen atoms in total. The zero-order chi connectivity index (χ0) is 12.3. The van der Waals surface area contributed by atoms with E-state index in [0.29, 0.717) is 12.2 Å². The molecular weight excluding hydrogens is 218 g/mol. The van der Waals surface area contributed by atoms with Gasteiger partial charge >= 0.3 is 5.97 Å². The Hall–Kier alpha value is -2.30. The van der Waals surface area contributed by atoms with Crippen LogP contribution in [-0.2, 0) is 11.3 Å². The van der Waals surface area contributed by atoms with Crippen LogP contribution in [0.3, 0.4) is 0 Å². The van der Waals surface area contributed by atoms with Crippen molar-refractivity contribution in [2.45, 2.75) is 13.0 Å². The van der Waals surface area contributed by atoms with Crippen molar-refractivity contribution in [3.05, 3.63) is 36.7 Å². The third-order valence-electron chi connectivity index (χ3n) is 2.45. The number of nitrogens with zero attached hydrogens (tertiary/aromatic N) is 2. The third-order valence-corrected chi connectivity index (χ3v) is 2.45. The van der Waals surface area contributed by atoms with Crippen molar-refractivity contribution in [3.63, 3.8) is 0 Å². The lowest BCUT2D eigenvalue weighted by Gasteiger charge is -2.06. The molecule has 88 valence electrons. The maximum Gasteiger partial charge on any atom is 0.305 e. The molecule has 0 atom stereocenters. The summed E-state index contributed by atoms with van der Waals surface area (Å²) in [6.07, 6.45) is 3.51. The lowest BCUT2D eigenvalue weighted by Crippen LogP contribution is -2.05. The van der Waals surface area contributed by atoms with Crippen LogP contribution in [0.4, 0.5) is 5.69 Å². The summed E-state index contributed by atoms with van der Waals surface area (Å²) in [5.41, 5.74) is 7.23. The van der Waals surface area contributed by atoms with E-state index in [2.05, 4.69) is 4.98 Å². The number of anilines is 1. The number of carbonyl (C=O) groups is 1. The Labute approximate surface area is 98.5 Å². The molecule has 1 heterocycles. The second-order valence-corrected chi connectivity index (χ2v) is 3.71. The Morgan fingerprint density at radius 1 is 1.35 bits per heavy atom. The van der Waals surface area contributed by atoms with Crippen molar-refractivity contribution >= 4 is 11.7 Å². The van der Waals surface area contributed by atoms with Crippen molar-refractivity contribution in [1.29, 1.82) is 0 Å². The Morgan fingerprint density at radius 3 is 2.71 bits per heavy atom. The number of imidazole rings is 1. The predicted molar refractivity (Wildman–Crippen MR) is 64.3 cm³/mol. The van der Waals surface area contributed by atoms with Gasteiger partial charge in [0.1, 0.15) is 5.82 Å². The maximum absolute atomic E-state index is 10.5. The normalized spacial score (nSPS) is 10.4. The van der Waals surface area contributed by atoms with E-state index < -0.39 is 5.97 Å². The molecule has 0 aliphatic carbocycles. The summed E-state index contributed by atoms with van der Waals surface area (Å²) in [4.78, 5) is 14.8. The summed E-state index contributed by atoms with van der Waals surface area (Å²) in [5, 5.41) is 8.66. The van der Waals surface area contributed by atoms with Crippen LogP contribution in [0.2, 0.25) is 0 Å². The molecule has 0 unspecified atom stereocenters. The van der Waals surface area contributed by atoms with Crippen LogP contribution in [0.25, 0.3) is 11.4 Å². The van der Waals surface area contributed by atoms with Gasteiger partial charge in [-0.3, -0.25) is 4.79 Å². The van der Waals surface area contributed by atoms with Gasteiger partial charge in [-0.05, 0) is 24.3 Å². The first kappa shape index (κ1) is 11.2. The fourth-order valence-corrected chi connectivity index (χ4v) is 1.60. The summed E-state index contributed by atoms with van der Waals surface area (Å²) in [6, 6.07) is 7.33. The number of benzene rings is 1. The van der Waals surface area contributed by atoms with Crippen molar-refractivity contribution < 1.29 is 9.90 Å². The van der Waals surface area contributed by atoms with Crippen LogP contribution in [-0.4, -0.2) is 20.6 Å². The number of nitrogen functional groups attached to an aromatic ring is 1. The molecule has 17 heavy (non-hydrogen) atoms. The van der Waals surface area contributed by atoms with Gasteiger partial charge < -0.3 is 15.4 Å². The lowest BCUT2D eigenvalue weighted by molar-refractivity contribution is -0.137. The Balaban J connectivity index is 2.24. The molecule has 1 aromatic heterocycles. The molecule has 2 aromatic rings. The van der Waals surface area contributed by atoms with E-state index in [1.54, 1.807) is 24.5 Å². The summed E-state index contributed by atoms with van der Waals surface area (Å²) < 4.78 is 1.82. The average Bonchev–Trinajstić information content (AvgIpc) is 2.75. The minimum absolute atomic E-state index is 0.0817. The van der Waals surface area contributed by atoms with Crippen LogP contribution in [0, 0.1) is 0 Å². The van der Waals surface area contributed by atoms with E-state index in [-0.39, 0.29) is 6.42 Å². The maximum atomic E-state index is 10.5. The molecule has 0 bridgehead atoms. The summed E-state index contributed by atoms with van der Waals surface area (Å²) in [7, 11) is 0. The first-order valence-electron chi connectivity index (χ1n) is 5.25. The number of hydrogen-bond acceptors (Lipinski definition) is 3. The molecular formula is C12H13N3O2. The number of nitrogens with two attached hydrogens (primary N) is 1. The van der Waals surface area contributed by atoms with E-state index >= 15 is 0 Å². The number of rotatable bonds is 4. The van der Waals surface area contributed by atoms with Crippen LogP contribution >= 0.6 is 0 Å². The highest BCUT2D eigenvalue weighted by molar-refractivity contribution is 5.66. The average molecular weight is 231 g/mol. The van der Waals surface area contributed by atoms with Gasteiger partial charge in [0.05, 0.1) is 6.42 Å². The second kappa shape index (κ2) is 4.69. The van der Waals surface area contributed by atoms with Gasteiger partial charge in [-0.1, -0.05) is 0 Å². The molecule has 5 heteroatoms. The molecule has 0 aliphatic rings. The zero-order valence-corrected chi connectivity index (χ0v) is 9.21. The molecule has 0 spiro atoms. The summed E-state index contributed by atoms with van der Waals surface area (Å²) in [6.45, 7) is 0.412. The van der Waals surface area contributed by atoms with Gasteiger partial charge in [-0.25, -0.2) is 4.98 Å². The molecule has 0 fully saturated rings. The molecule has 0 saturated carbocycles. The SMILES string of the molecule is Nc1ccc(-c2nccn2CCC(=O)O)cc1. The molecule has 0 aliphatic heterocycles. The van der Waals surface area contributed by atoms with Gasteiger partial charge in [-0.2, -0.15) is 0 Å². The summed E-state index contributed by atoms with van der Waals surface area (Å²) >= 11 is 0. The zero-order valence-electron chi connectivity index (χ0n) is 9.21. The highest BCUT2D eigenvalue weighted by atomic mass is 16.4. The Morgan fingerprint density at radius 2 is 2.06 bits per heavy atom. The third kappa shape index (κ3) is 2.63. The van der Waals surface area contributed by atoms with Gasteiger partial charge in [0.15, 0.2) is 0 Å². The van der Waals surface area contributed by atoms with Crippen LogP contribution < -0.4 is 5.73 Å². The molecule has 3 N–H and O–H groups in total. The molecule has 0 radical (unpaired) electrons. The number of aryl methyl sites for hydroxylation is 1. The molecule has 2 rings (SSSR count). The Kier molecular flexibility index (Phi) is 3.09. The first-order valence-corrected chi connectivity index (χ1v) is 5.25. The minimum Gasteiger partial charge on any atom is -0.481 e. The fraction of sp³-hybridized carbons (Fsp3) is 0.167. The minimum atomic E-state index is -0.818. The number of aromatic nitrogens is 2. The molecule has 1 aromatic carbocycles. The van der Waals surface area contributed by atoms with E-state index in [4.69, 9.17) is 10.8 Å². The van der Waals surface area contributed by atoms with Crippen LogP contribution in [0.1, 0.15) is 6.42 Å². The van der Waals surface area contributed by atoms with Gasteiger partial charge in [-0.15, -0.1) is 0 Å². The largest absolute Gasteiger partial charge is 0.481 e. The van der Waals surface area contributed by atoms with Crippen molar-refractivity contribution in [3.8, 4) is 11.4 Å². The fourth-order valence-electron chi connectivity index (χ4n) is 1.60. The van der Waals surface area contributed by atoms with E-state index in [1.165, 1.54) is 0 Å². The number of aliphatic carboxylic acids is 1. The number of carboxylic acid groups (broad SMARTS) is 1. The highest BCUT2D eigenvalue weighted by Crippen LogP contribution is 2.18. The smallest absolute Gasteiger partial charge is 0.305 e. The lowest BCUT2D eigenvalue weighted by atomic mass is 10.2. The van der Waals surface area contributed by atoms with Gasteiger partial charge in [0.25, 0.3) is 0 Å². The van der Waals surface area contributed by atoms with E-state index in [9.17, 15) is 4.79 Å². The molecule has 0 amide bonds. The second-order valence-electron chi connectivity index (χ2n) is 3.71.